The first-order valence-electron chi connectivity index (χ1n) is 14.6. The monoisotopic (exact) mass is 483 g/mol. The van der Waals surface area contributed by atoms with E-state index in [9.17, 15) is 9.90 Å². The van der Waals surface area contributed by atoms with E-state index in [0.29, 0.717) is 6.54 Å². The van der Waals surface area contributed by atoms with Crippen LogP contribution < -0.4 is 10.6 Å². The number of nitrogens with zero attached hydrogens (tertiary/aromatic N) is 1. The first kappa shape index (κ1) is 26.5. The molecule has 3 N–H and O–H groups in total. The summed E-state index contributed by atoms with van der Waals surface area (Å²) in [4.78, 5) is 15.4. The molecule has 3 atom stereocenters. The molecule has 196 valence electrons. The Morgan fingerprint density at radius 3 is 2.51 bits per heavy atom. The third-order valence-electron chi connectivity index (χ3n) is 8.90. The van der Waals surface area contributed by atoms with Gasteiger partial charge in [0.05, 0.1) is 5.60 Å². The van der Waals surface area contributed by atoms with Gasteiger partial charge in [0.25, 0.3) is 0 Å². The average Bonchev–Trinajstić information content (AvgIpc) is 3.72. The molecule has 3 fully saturated rings. The van der Waals surface area contributed by atoms with Crippen molar-refractivity contribution in [1.82, 2.24) is 15.5 Å². The lowest BCUT2D eigenvalue weighted by Gasteiger charge is -2.43. The molecule has 2 saturated carbocycles. The van der Waals surface area contributed by atoms with Crippen LogP contribution in [-0.2, 0) is 5.60 Å². The second kappa shape index (κ2) is 13.1. The smallest absolute Gasteiger partial charge is 0.317 e. The molecule has 1 aromatic carbocycles. The number of piperidine rings is 1. The summed E-state index contributed by atoms with van der Waals surface area (Å²) in [5.74, 6) is 1.74. The van der Waals surface area contributed by atoms with Crippen LogP contribution in [0.15, 0.2) is 30.3 Å². The highest BCUT2D eigenvalue weighted by Crippen LogP contribution is 2.41. The lowest BCUT2D eigenvalue weighted by molar-refractivity contribution is -0.0558. The summed E-state index contributed by atoms with van der Waals surface area (Å²) in [5, 5.41) is 18.8. The number of rotatable bonds is 12. The van der Waals surface area contributed by atoms with Gasteiger partial charge in [-0.1, -0.05) is 94.5 Å². The molecule has 0 radical (unpaired) electrons. The van der Waals surface area contributed by atoms with Gasteiger partial charge in [0.1, 0.15) is 0 Å². The van der Waals surface area contributed by atoms with E-state index in [-0.39, 0.29) is 18.0 Å². The molecule has 5 nitrogen and oxygen atoms in total. The number of amides is 2. The quantitative estimate of drug-likeness (QED) is 0.328. The van der Waals surface area contributed by atoms with Gasteiger partial charge in [-0.25, -0.2) is 4.79 Å². The third kappa shape index (κ3) is 7.69. The molecule has 1 aliphatic heterocycles. The molecule has 5 heteroatoms. The van der Waals surface area contributed by atoms with Crippen molar-refractivity contribution in [2.45, 2.75) is 102 Å². The molecular weight excluding hydrogens is 434 g/mol. The second-order valence-electron chi connectivity index (χ2n) is 11.7. The number of benzene rings is 1. The molecule has 1 aromatic rings. The molecular formula is C30H49N3O2. The normalized spacial score (nSPS) is 24.1. The number of carbonyl (C=O) groups excluding carboxylic acids is 1. The molecule has 0 spiro atoms. The summed E-state index contributed by atoms with van der Waals surface area (Å²) in [6, 6.07) is 10.5. The highest BCUT2D eigenvalue weighted by atomic mass is 16.3. The number of likely N-dealkylation sites (N-methyl/N-ethyl adjacent to an activating group) is 1. The number of hydrogen-bond donors (Lipinski definition) is 3. The maximum absolute atomic E-state index is 13.4. The van der Waals surface area contributed by atoms with Crippen molar-refractivity contribution in [3.05, 3.63) is 35.9 Å². The molecule has 1 heterocycles. The standard InChI is InChI=1S/C30H49N3O2/c1-31-22-28(21-25-12-4-2-5-13-25)32-29(34)33-20-10-16-27(23-33)30(35,26-14-6-3-7-15-26)19-9-8-11-24-17-18-24/h3,6-7,14-15,24-25,27-28,31,35H,2,4-5,8-13,16-23H2,1H3,(H,32,34)/t27-,28+,30+/m0/s1. The first-order valence-corrected chi connectivity index (χ1v) is 14.6. The Morgan fingerprint density at radius 2 is 1.80 bits per heavy atom. The SMILES string of the molecule is CNC[C@@H](CC1CCCCC1)NC(=O)N1CCC[C@H]([C@@](O)(CCCCC2CC2)c2ccccc2)C1. The highest BCUT2D eigenvalue weighted by Gasteiger charge is 2.41. The molecule has 3 aliphatic rings. The molecule has 1 saturated heterocycles. The number of hydrogen-bond acceptors (Lipinski definition) is 3. The summed E-state index contributed by atoms with van der Waals surface area (Å²) >= 11 is 0. The van der Waals surface area contributed by atoms with Crippen molar-refractivity contribution in [1.29, 1.82) is 0 Å². The Hall–Kier alpha value is -1.59. The van der Waals surface area contributed by atoms with E-state index in [2.05, 4.69) is 22.8 Å². The van der Waals surface area contributed by atoms with Crippen molar-refractivity contribution in [3.8, 4) is 0 Å². The average molecular weight is 484 g/mol. The van der Waals surface area contributed by atoms with E-state index in [4.69, 9.17) is 0 Å². The Bertz CT molecular complexity index is 762. The summed E-state index contributed by atoms with van der Waals surface area (Å²) in [7, 11) is 1.97. The van der Waals surface area contributed by atoms with Gasteiger partial charge in [-0.05, 0) is 50.1 Å². The van der Waals surface area contributed by atoms with Crippen LogP contribution in [0.25, 0.3) is 0 Å². The van der Waals surface area contributed by atoms with Crippen molar-refractivity contribution in [3.63, 3.8) is 0 Å². The van der Waals surface area contributed by atoms with Gasteiger partial charge >= 0.3 is 6.03 Å². The minimum Gasteiger partial charge on any atom is -0.385 e. The summed E-state index contributed by atoms with van der Waals surface area (Å²) in [6.07, 6.45) is 16.7. The molecule has 0 bridgehead atoms. The van der Waals surface area contributed by atoms with Gasteiger partial charge in [-0.3, -0.25) is 0 Å². The van der Waals surface area contributed by atoms with Crippen molar-refractivity contribution >= 4 is 6.03 Å². The van der Waals surface area contributed by atoms with Crippen molar-refractivity contribution < 1.29 is 9.90 Å². The fraction of sp³-hybridized carbons (Fsp3) is 0.767. The number of likely N-dealkylation sites (tertiary alicyclic amines) is 1. The maximum Gasteiger partial charge on any atom is 0.317 e. The van der Waals surface area contributed by atoms with Crippen molar-refractivity contribution in [2.75, 3.05) is 26.7 Å². The zero-order valence-electron chi connectivity index (χ0n) is 22.0. The van der Waals surface area contributed by atoms with Crippen LogP contribution in [0.3, 0.4) is 0 Å². The van der Waals surface area contributed by atoms with Gasteiger partial charge in [0.2, 0.25) is 0 Å². The highest BCUT2D eigenvalue weighted by molar-refractivity contribution is 5.74. The predicted octanol–water partition coefficient (Wildman–Crippen LogP) is 5.82. The fourth-order valence-corrected chi connectivity index (χ4v) is 6.63. The number of nitrogens with one attached hydrogen (secondary N) is 2. The van der Waals surface area contributed by atoms with E-state index in [1.807, 2.05) is 30.1 Å². The third-order valence-corrected chi connectivity index (χ3v) is 8.90. The fourth-order valence-electron chi connectivity index (χ4n) is 6.63. The maximum atomic E-state index is 13.4. The summed E-state index contributed by atoms with van der Waals surface area (Å²) in [6.45, 7) is 2.23. The van der Waals surface area contributed by atoms with E-state index in [0.717, 1.165) is 62.6 Å². The Morgan fingerprint density at radius 1 is 1.03 bits per heavy atom. The minimum atomic E-state index is -0.865. The van der Waals surface area contributed by atoms with Gasteiger partial charge in [-0.15, -0.1) is 0 Å². The van der Waals surface area contributed by atoms with E-state index in [1.54, 1.807) is 0 Å². The zero-order chi connectivity index (χ0) is 24.5. The van der Waals surface area contributed by atoms with Gasteiger partial charge < -0.3 is 20.6 Å². The molecule has 2 aliphatic carbocycles. The van der Waals surface area contributed by atoms with Crippen LogP contribution in [-0.4, -0.2) is 48.8 Å². The Kier molecular flexibility index (Phi) is 9.91. The van der Waals surface area contributed by atoms with Gasteiger partial charge in [0, 0.05) is 31.6 Å². The van der Waals surface area contributed by atoms with Crippen LogP contribution in [0.5, 0.6) is 0 Å². The summed E-state index contributed by atoms with van der Waals surface area (Å²) < 4.78 is 0. The molecule has 2 amide bonds. The number of urea groups is 1. The van der Waals surface area contributed by atoms with Gasteiger partial charge in [0.15, 0.2) is 0 Å². The number of unbranched alkanes of at least 4 members (excludes halogenated alkanes) is 1. The number of aliphatic hydroxyl groups is 1. The summed E-state index contributed by atoms with van der Waals surface area (Å²) in [5.41, 5.74) is 0.153. The van der Waals surface area contributed by atoms with Crippen LogP contribution in [0.1, 0.15) is 95.5 Å². The van der Waals surface area contributed by atoms with Crippen molar-refractivity contribution in [2.24, 2.45) is 17.8 Å². The van der Waals surface area contributed by atoms with Crippen LogP contribution in [0.4, 0.5) is 4.79 Å². The second-order valence-corrected chi connectivity index (χ2v) is 11.7. The molecule has 0 aromatic heterocycles. The number of carbonyl (C=O) groups is 1. The Balaban J connectivity index is 1.37. The predicted molar refractivity (Wildman–Crippen MR) is 143 cm³/mol. The molecule has 0 unspecified atom stereocenters. The lowest BCUT2D eigenvalue weighted by Crippen LogP contribution is -2.54. The van der Waals surface area contributed by atoms with Crippen LogP contribution in [0.2, 0.25) is 0 Å². The van der Waals surface area contributed by atoms with E-state index in [1.165, 1.54) is 57.8 Å². The molecule has 4 rings (SSSR count). The zero-order valence-corrected chi connectivity index (χ0v) is 22.0. The van der Waals surface area contributed by atoms with Gasteiger partial charge in [-0.2, -0.15) is 0 Å². The van der Waals surface area contributed by atoms with Crippen LogP contribution >= 0.6 is 0 Å². The Labute approximate surface area is 213 Å². The van der Waals surface area contributed by atoms with E-state index < -0.39 is 5.60 Å². The lowest BCUT2D eigenvalue weighted by atomic mass is 9.74. The molecule has 35 heavy (non-hydrogen) atoms. The van der Waals surface area contributed by atoms with E-state index >= 15 is 0 Å². The largest absolute Gasteiger partial charge is 0.385 e. The van der Waals surface area contributed by atoms with Crippen LogP contribution in [0, 0.1) is 17.8 Å². The topological polar surface area (TPSA) is 64.6 Å². The first-order chi connectivity index (χ1) is 17.1. The minimum absolute atomic E-state index is 0.0508.